The average Bonchev–Trinajstić information content (AvgIpc) is 3.48. The molecule has 0 unspecified atom stereocenters. The fourth-order valence-corrected chi connectivity index (χ4v) is 3.60. The van der Waals surface area contributed by atoms with Crippen LogP contribution < -0.4 is 10.5 Å². The number of hydrogen-bond acceptors (Lipinski definition) is 3. The van der Waals surface area contributed by atoms with Gasteiger partial charge in [-0.2, -0.15) is 13.2 Å². The van der Waals surface area contributed by atoms with E-state index in [-0.39, 0.29) is 17.5 Å². The minimum absolute atomic E-state index is 0.0989. The topological polar surface area (TPSA) is 48.1 Å². The molecule has 1 aromatic heterocycles. The minimum atomic E-state index is -4.39. The van der Waals surface area contributed by atoms with Crippen molar-refractivity contribution in [2.45, 2.75) is 56.7 Å². The van der Waals surface area contributed by atoms with E-state index in [1.807, 2.05) is 18.2 Å². The highest BCUT2D eigenvalue weighted by atomic mass is 19.4. The van der Waals surface area contributed by atoms with Crippen molar-refractivity contribution in [2.24, 2.45) is 5.73 Å². The van der Waals surface area contributed by atoms with Gasteiger partial charge in [-0.25, -0.2) is 4.98 Å². The third-order valence-corrected chi connectivity index (χ3v) is 5.29. The van der Waals surface area contributed by atoms with Crippen LogP contribution in [0, 0.1) is 0 Å². The molecule has 0 atom stereocenters. The third-order valence-electron chi connectivity index (χ3n) is 5.29. The Morgan fingerprint density at radius 3 is 2.46 bits per heavy atom. The van der Waals surface area contributed by atoms with E-state index in [9.17, 15) is 13.2 Å². The van der Waals surface area contributed by atoms with Gasteiger partial charge in [0.2, 0.25) is 5.88 Å². The number of pyridine rings is 1. The quantitative estimate of drug-likeness (QED) is 0.693. The van der Waals surface area contributed by atoms with Crippen LogP contribution in [-0.2, 0) is 6.18 Å². The number of ether oxygens (including phenoxy) is 1. The van der Waals surface area contributed by atoms with E-state index in [0.29, 0.717) is 11.8 Å². The van der Waals surface area contributed by atoms with Gasteiger partial charge >= 0.3 is 6.18 Å². The van der Waals surface area contributed by atoms with E-state index in [0.717, 1.165) is 50.2 Å². The van der Waals surface area contributed by atoms with Crippen molar-refractivity contribution in [2.75, 3.05) is 0 Å². The van der Waals surface area contributed by atoms with Crippen LogP contribution in [0.1, 0.15) is 61.3 Å². The normalized spacial score (nSPS) is 20.1. The van der Waals surface area contributed by atoms with Crippen LogP contribution in [0.4, 0.5) is 13.2 Å². The van der Waals surface area contributed by atoms with Crippen molar-refractivity contribution >= 4 is 6.08 Å². The highest BCUT2D eigenvalue weighted by molar-refractivity contribution is 5.55. The summed E-state index contributed by atoms with van der Waals surface area (Å²) in [6.07, 6.45) is 3.24. The molecule has 148 valence electrons. The lowest BCUT2D eigenvalue weighted by atomic mass is 9.90. The van der Waals surface area contributed by atoms with E-state index < -0.39 is 11.7 Å². The van der Waals surface area contributed by atoms with E-state index in [1.54, 1.807) is 6.07 Å². The van der Waals surface area contributed by atoms with Gasteiger partial charge < -0.3 is 10.5 Å². The molecule has 0 amide bonds. The van der Waals surface area contributed by atoms with Crippen LogP contribution in [0.2, 0.25) is 0 Å². The number of halogens is 3. The summed E-state index contributed by atoms with van der Waals surface area (Å²) in [6, 6.07) is 10.2. The Morgan fingerprint density at radius 1 is 1.04 bits per heavy atom. The summed E-state index contributed by atoms with van der Waals surface area (Å²) < 4.78 is 45.4. The van der Waals surface area contributed by atoms with Crippen molar-refractivity contribution in [3.63, 3.8) is 0 Å². The highest BCUT2D eigenvalue weighted by Gasteiger charge is 2.39. The largest absolute Gasteiger partial charge is 0.439 e. The molecule has 6 heteroatoms. The molecule has 3 nitrogen and oxygen atoms in total. The molecule has 1 aromatic carbocycles. The first kappa shape index (κ1) is 19.0. The zero-order valence-corrected chi connectivity index (χ0v) is 15.5. The van der Waals surface area contributed by atoms with Gasteiger partial charge in [0.25, 0.3) is 0 Å². The number of alkyl halides is 3. The van der Waals surface area contributed by atoms with Gasteiger partial charge in [0.15, 0.2) is 0 Å². The zero-order chi connectivity index (χ0) is 19.7. The van der Waals surface area contributed by atoms with Crippen molar-refractivity contribution < 1.29 is 17.9 Å². The van der Waals surface area contributed by atoms with Crippen molar-refractivity contribution in [1.82, 2.24) is 4.98 Å². The van der Waals surface area contributed by atoms with Gasteiger partial charge in [0, 0.05) is 18.0 Å². The van der Waals surface area contributed by atoms with Crippen LogP contribution in [0.25, 0.3) is 6.08 Å². The Bertz CT molecular complexity index is 878. The Hall–Kier alpha value is -2.34. The molecule has 2 N–H and O–H groups in total. The molecule has 1 heterocycles. The lowest BCUT2D eigenvalue weighted by Crippen LogP contribution is -2.23. The molecular weight excluding hydrogens is 365 g/mol. The number of allylic oxidation sites excluding steroid dienone is 1. The van der Waals surface area contributed by atoms with E-state index >= 15 is 0 Å². The summed E-state index contributed by atoms with van der Waals surface area (Å²) in [5.41, 5.74) is 7.77. The summed E-state index contributed by atoms with van der Waals surface area (Å²) in [7, 11) is 0. The van der Waals surface area contributed by atoms with Crippen molar-refractivity contribution in [1.29, 1.82) is 0 Å². The lowest BCUT2D eigenvalue weighted by molar-refractivity contribution is -0.138. The van der Waals surface area contributed by atoms with Crippen LogP contribution >= 0.6 is 0 Å². The number of nitrogens with two attached hydrogens (primary N) is 1. The molecular formula is C22H23F3N2O. The monoisotopic (exact) mass is 388 g/mol. The molecule has 2 aromatic rings. The predicted molar refractivity (Wildman–Crippen MR) is 102 cm³/mol. The first-order valence-electron chi connectivity index (χ1n) is 9.69. The Balaban J connectivity index is 1.53. The number of benzene rings is 1. The Kier molecular flexibility index (Phi) is 5.15. The van der Waals surface area contributed by atoms with Crippen LogP contribution in [0.5, 0.6) is 11.6 Å². The molecule has 0 radical (unpaired) electrons. The van der Waals surface area contributed by atoms with E-state index in [2.05, 4.69) is 11.1 Å². The van der Waals surface area contributed by atoms with Gasteiger partial charge in [0.05, 0.1) is 11.3 Å². The summed E-state index contributed by atoms with van der Waals surface area (Å²) in [5, 5.41) is 0. The second-order valence-corrected chi connectivity index (χ2v) is 7.67. The molecule has 0 bridgehead atoms. The molecule has 0 aliphatic heterocycles. The maximum Gasteiger partial charge on any atom is 0.418 e. The maximum atomic E-state index is 13.2. The SMILES string of the molecule is NC1CCC(=Cc2cccc(Oc3ccc(C(F)(F)F)c(C4CC4)n3)c2)CC1. The maximum absolute atomic E-state index is 13.2. The van der Waals surface area contributed by atoms with E-state index in [4.69, 9.17) is 10.5 Å². The fraction of sp³-hybridized carbons (Fsp3) is 0.409. The number of nitrogens with zero attached hydrogens (tertiary/aromatic N) is 1. The first-order chi connectivity index (χ1) is 13.4. The Morgan fingerprint density at radius 2 is 1.79 bits per heavy atom. The summed E-state index contributed by atoms with van der Waals surface area (Å²) in [6.45, 7) is 0. The summed E-state index contributed by atoms with van der Waals surface area (Å²) in [4.78, 5) is 4.18. The number of rotatable bonds is 4. The number of hydrogen-bond donors (Lipinski definition) is 1. The summed E-state index contributed by atoms with van der Waals surface area (Å²) in [5.74, 6) is 0.646. The minimum Gasteiger partial charge on any atom is -0.439 e. The predicted octanol–water partition coefficient (Wildman–Crippen LogP) is 6.05. The molecule has 2 saturated carbocycles. The van der Waals surface area contributed by atoms with Crippen LogP contribution in [0.3, 0.4) is 0 Å². The first-order valence-corrected chi connectivity index (χ1v) is 9.69. The molecule has 28 heavy (non-hydrogen) atoms. The fourth-order valence-electron chi connectivity index (χ4n) is 3.60. The van der Waals surface area contributed by atoms with Gasteiger partial charge in [0.1, 0.15) is 5.75 Å². The highest BCUT2D eigenvalue weighted by Crippen LogP contribution is 2.45. The molecule has 4 rings (SSSR count). The molecule has 0 saturated heterocycles. The van der Waals surface area contributed by atoms with Crippen molar-refractivity contribution in [3.05, 3.63) is 58.8 Å². The second kappa shape index (κ2) is 7.59. The molecule has 2 aliphatic carbocycles. The van der Waals surface area contributed by atoms with Crippen LogP contribution in [0.15, 0.2) is 42.0 Å². The summed E-state index contributed by atoms with van der Waals surface area (Å²) >= 11 is 0. The molecule has 2 aliphatic rings. The standard InChI is InChI=1S/C22H23F3N2O/c23-22(24,25)19-10-11-20(27-21(19)16-6-7-16)28-18-3-1-2-15(13-18)12-14-4-8-17(26)9-5-14/h1-3,10-13,16-17H,4-9,26H2. The van der Waals surface area contributed by atoms with Crippen LogP contribution in [-0.4, -0.2) is 11.0 Å². The van der Waals surface area contributed by atoms with E-state index in [1.165, 1.54) is 11.6 Å². The van der Waals surface area contributed by atoms with Gasteiger partial charge in [-0.05, 0) is 62.3 Å². The smallest absolute Gasteiger partial charge is 0.418 e. The van der Waals surface area contributed by atoms with Gasteiger partial charge in [-0.1, -0.05) is 23.8 Å². The van der Waals surface area contributed by atoms with Gasteiger partial charge in [-0.15, -0.1) is 0 Å². The second-order valence-electron chi connectivity index (χ2n) is 7.67. The van der Waals surface area contributed by atoms with Crippen molar-refractivity contribution in [3.8, 4) is 11.6 Å². The number of aromatic nitrogens is 1. The van der Waals surface area contributed by atoms with Gasteiger partial charge in [-0.3, -0.25) is 0 Å². The molecule has 0 spiro atoms. The lowest BCUT2D eigenvalue weighted by Gasteiger charge is -2.20. The zero-order valence-electron chi connectivity index (χ0n) is 15.5. The average molecular weight is 388 g/mol. The Labute approximate surface area is 162 Å². The third kappa shape index (κ3) is 4.55. The molecule has 2 fully saturated rings.